The summed E-state index contributed by atoms with van der Waals surface area (Å²) in [5, 5.41) is 17.8. The molecule has 1 aromatic carbocycles. The van der Waals surface area contributed by atoms with Crippen molar-refractivity contribution in [3.63, 3.8) is 0 Å². The fourth-order valence-corrected chi connectivity index (χ4v) is 4.44. The predicted octanol–water partition coefficient (Wildman–Crippen LogP) is 4.06. The Morgan fingerprint density at radius 3 is 2.85 bits per heavy atom. The Morgan fingerprint density at radius 2 is 2.12 bits per heavy atom. The number of carbonyl (C=O) groups excluding carboxylic acids is 1. The lowest BCUT2D eigenvalue weighted by Crippen LogP contribution is -2.50. The van der Waals surface area contributed by atoms with E-state index in [1.807, 2.05) is 36.0 Å². The highest BCUT2D eigenvalue weighted by Crippen LogP contribution is 2.35. The van der Waals surface area contributed by atoms with Crippen molar-refractivity contribution in [2.45, 2.75) is 12.6 Å². The van der Waals surface area contributed by atoms with E-state index in [0.717, 1.165) is 16.9 Å². The lowest BCUT2D eigenvalue weighted by Gasteiger charge is -2.36. The summed E-state index contributed by atoms with van der Waals surface area (Å²) in [7, 11) is 3.44. The number of benzene rings is 1. The Balaban J connectivity index is 1.52. The van der Waals surface area contributed by atoms with Gasteiger partial charge in [-0.1, -0.05) is 17.7 Å². The molecule has 0 bridgehead atoms. The van der Waals surface area contributed by atoms with Gasteiger partial charge >= 0.3 is 0 Å². The number of aryl methyl sites for hydroxylation is 1. The fourth-order valence-electron chi connectivity index (χ4n) is 4.23. The number of phenolic OH excluding ortho intramolecular Hbond substituents is 1. The molecule has 5 rings (SSSR count). The van der Waals surface area contributed by atoms with Gasteiger partial charge < -0.3 is 19.7 Å². The molecule has 174 valence electrons. The summed E-state index contributed by atoms with van der Waals surface area (Å²) >= 11 is 6.50. The maximum absolute atomic E-state index is 13.6. The van der Waals surface area contributed by atoms with Crippen molar-refractivity contribution >= 4 is 34.8 Å². The van der Waals surface area contributed by atoms with E-state index in [4.69, 9.17) is 16.3 Å². The van der Waals surface area contributed by atoms with Crippen LogP contribution in [0.5, 0.6) is 5.75 Å². The molecule has 0 radical (unpaired) electrons. The molecular weight excluding hydrogens is 456 g/mol. The minimum Gasteiger partial charge on any atom is -0.508 e. The molecule has 1 aliphatic heterocycles. The van der Waals surface area contributed by atoms with Gasteiger partial charge in [0.05, 0.1) is 23.9 Å². The van der Waals surface area contributed by atoms with Crippen LogP contribution in [0.2, 0.25) is 5.02 Å². The monoisotopic (exact) mass is 478 g/mol. The first kappa shape index (κ1) is 22.0. The molecule has 4 aromatic rings. The molecule has 34 heavy (non-hydrogen) atoms. The summed E-state index contributed by atoms with van der Waals surface area (Å²) in [6.45, 7) is 0.885. The summed E-state index contributed by atoms with van der Waals surface area (Å²) in [4.78, 5) is 19.6. The zero-order chi connectivity index (χ0) is 23.8. The quantitative estimate of drug-likeness (QED) is 0.433. The number of hydrogen-bond donors (Lipinski definition) is 2. The van der Waals surface area contributed by atoms with Crippen molar-refractivity contribution in [3.8, 4) is 16.9 Å². The smallest absolute Gasteiger partial charge is 0.275 e. The number of hydrogen-bond acceptors (Lipinski definition) is 6. The van der Waals surface area contributed by atoms with Crippen molar-refractivity contribution in [3.05, 3.63) is 71.8 Å². The van der Waals surface area contributed by atoms with E-state index in [9.17, 15) is 9.90 Å². The second-order valence-electron chi connectivity index (χ2n) is 8.08. The van der Waals surface area contributed by atoms with Gasteiger partial charge in [-0.15, -0.1) is 0 Å². The van der Waals surface area contributed by atoms with Crippen LogP contribution in [0.15, 0.2) is 61.1 Å². The van der Waals surface area contributed by atoms with Crippen LogP contribution >= 0.6 is 11.6 Å². The first-order valence-electron chi connectivity index (χ1n) is 10.7. The molecular formula is C24H23ClN6O3. The van der Waals surface area contributed by atoms with Gasteiger partial charge in [0.1, 0.15) is 23.1 Å². The molecule has 0 unspecified atom stereocenters. The number of halogens is 1. The van der Waals surface area contributed by atoms with Crippen LogP contribution in [-0.2, 0) is 18.3 Å². The van der Waals surface area contributed by atoms with Crippen molar-refractivity contribution in [1.82, 2.24) is 19.3 Å². The second kappa shape index (κ2) is 8.85. The third-order valence-corrected chi connectivity index (χ3v) is 6.12. The largest absolute Gasteiger partial charge is 0.508 e. The van der Waals surface area contributed by atoms with Gasteiger partial charge in [-0.3, -0.25) is 14.4 Å². The number of ether oxygens (including phenoxy) is 1. The summed E-state index contributed by atoms with van der Waals surface area (Å²) in [6.07, 6.45) is 5.20. The third kappa shape index (κ3) is 4.00. The van der Waals surface area contributed by atoms with Crippen LogP contribution in [0.3, 0.4) is 0 Å². The first-order valence-corrected chi connectivity index (χ1v) is 11.0. The van der Waals surface area contributed by atoms with Gasteiger partial charge in [-0.2, -0.15) is 5.10 Å². The maximum Gasteiger partial charge on any atom is 0.275 e. The lowest BCUT2D eigenvalue weighted by molar-refractivity contribution is 0.0906. The SMILES string of the molecule is COC[C@H]1Cn2cc(-c3cc(Nc4ccnn4C)ncc3Cl)cc2C(=O)N1c1cccc(O)c1. The van der Waals surface area contributed by atoms with Crippen molar-refractivity contribution in [2.75, 3.05) is 23.9 Å². The van der Waals surface area contributed by atoms with Gasteiger partial charge in [0.15, 0.2) is 0 Å². The molecule has 9 nitrogen and oxygen atoms in total. The number of rotatable bonds is 6. The van der Waals surface area contributed by atoms with Gasteiger partial charge in [-0.25, -0.2) is 4.98 Å². The molecule has 1 atom stereocenters. The van der Waals surface area contributed by atoms with E-state index < -0.39 is 0 Å². The van der Waals surface area contributed by atoms with Gasteiger partial charge in [-0.05, 0) is 24.3 Å². The van der Waals surface area contributed by atoms with Crippen LogP contribution in [0.25, 0.3) is 11.1 Å². The Bertz CT molecular complexity index is 1360. The number of fused-ring (bicyclic) bond motifs is 1. The molecule has 1 aliphatic rings. The molecule has 2 N–H and O–H groups in total. The van der Waals surface area contributed by atoms with E-state index in [0.29, 0.717) is 35.4 Å². The topological polar surface area (TPSA) is 97.4 Å². The van der Waals surface area contributed by atoms with Gasteiger partial charge in [0.2, 0.25) is 0 Å². The number of nitrogens with zero attached hydrogens (tertiary/aromatic N) is 5. The maximum atomic E-state index is 13.6. The Kier molecular flexibility index (Phi) is 5.72. The van der Waals surface area contributed by atoms with Crippen LogP contribution in [0, 0.1) is 0 Å². The second-order valence-corrected chi connectivity index (χ2v) is 8.49. The molecule has 0 saturated heterocycles. The molecule has 0 saturated carbocycles. The van der Waals surface area contributed by atoms with Crippen molar-refractivity contribution in [2.24, 2.45) is 7.05 Å². The van der Waals surface area contributed by atoms with E-state index in [-0.39, 0.29) is 17.7 Å². The molecule has 0 fully saturated rings. The summed E-state index contributed by atoms with van der Waals surface area (Å²) in [5.41, 5.74) is 2.70. The molecule has 10 heteroatoms. The van der Waals surface area contributed by atoms with Gasteiger partial charge in [0.25, 0.3) is 5.91 Å². The van der Waals surface area contributed by atoms with E-state index in [1.54, 1.807) is 53.4 Å². The number of aromatic nitrogens is 4. The van der Waals surface area contributed by atoms with Gasteiger partial charge in [0, 0.05) is 62.0 Å². The van der Waals surface area contributed by atoms with E-state index in [1.165, 1.54) is 0 Å². The fraction of sp³-hybridized carbons (Fsp3) is 0.208. The number of methoxy groups -OCH3 is 1. The molecule has 0 aliphatic carbocycles. The number of nitrogens with one attached hydrogen (secondary N) is 1. The molecule has 3 aromatic heterocycles. The van der Waals surface area contributed by atoms with Crippen LogP contribution in [0.4, 0.5) is 17.3 Å². The number of carbonyl (C=O) groups is 1. The molecule has 0 spiro atoms. The number of phenols is 1. The third-order valence-electron chi connectivity index (χ3n) is 5.82. The summed E-state index contributed by atoms with van der Waals surface area (Å²) in [5.74, 6) is 1.32. The molecule has 4 heterocycles. The Hall–Kier alpha value is -3.82. The predicted molar refractivity (Wildman–Crippen MR) is 130 cm³/mol. The highest BCUT2D eigenvalue weighted by Gasteiger charge is 2.34. The highest BCUT2D eigenvalue weighted by atomic mass is 35.5. The normalized spacial score (nSPS) is 15.4. The lowest BCUT2D eigenvalue weighted by atomic mass is 10.1. The van der Waals surface area contributed by atoms with Crippen LogP contribution < -0.4 is 10.2 Å². The van der Waals surface area contributed by atoms with E-state index >= 15 is 0 Å². The van der Waals surface area contributed by atoms with Crippen LogP contribution in [0.1, 0.15) is 10.5 Å². The Labute approximate surface area is 201 Å². The number of pyridine rings is 1. The standard InChI is InChI=1S/C24H23ClN6O3/c1-29-23(6-7-27-29)28-22-10-19(20(25)11-26-22)15-8-21-24(33)31(16-4-3-5-18(32)9-16)17(14-34-2)13-30(21)12-15/h3-12,17,32H,13-14H2,1-2H3,(H,26,28)/t17-/m1/s1. The van der Waals surface area contributed by atoms with Crippen molar-refractivity contribution in [1.29, 1.82) is 0 Å². The van der Waals surface area contributed by atoms with Crippen molar-refractivity contribution < 1.29 is 14.6 Å². The minimum absolute atomic E-state index is 0.0973. The zero-order valence-electron chi connectivity index (χ0n) is 18.6. The first-order chi connectivity index (χ1) is 16.4. The number of amides is 1. The Morgan fingerprint density at radius 1 is 1.26 bits per heavy atom. The molecule has 1 amide bonds. The highest BCUT2D eigenvalue weighted by molar-refractivity contribution is 6.33. The summed E-state index contributed by atoms with van der Waals surface area (Å²) < 4.78 is 9.03. The zero-order valence-corrected chi connectivity index (χ0v) is 19.4. The average molecular weight is 479 g/mol. The number of anilines is 3. The van der Waals surface area contributed by atoms with Crippen LogP contribution in [-0.4, -0.2) is 50.1 Å². The average Bonchev–Trinajstić information content (AvgIpc) is 3.42. The minimum atomic E-state index is -0.234. The summed E-state index contributed by atoms with van der Waals surface area (Å²) in [6, 6.07) is 12.0. The van der Waals surface area contributed by atoms with E-state index in [2.05, 4.69) is 15.4 Å². The number of aromatic hydroxyl groups is 1.